The van der Waals surface area contributed by atoms with Crippen molar-refractivity contribution < 1.29 is 19.1 Å². The van der Waals surface area contributed by atoms with Crippen molar-refractivity contribution in [2.45, 2.75) is 27.2 Å². The summed E-state index contributed by atoms with van der Waals surface area (Å²) in [5.41, 5.74) is 1.24. The van der Waals surface area contributed by atoms with Crippen LogP contribution in [0.15, 0.2) is 12.1 Å². The Morgan fingerprint density at radius 1 is 1.29 bits per heavy atom. The lowest BCUT2D eigenvalue weighted by molar-refractivity contribution is -0.142. The van der Waals surface area contributed by atoms with Gasteiger partial charge in [-0.3, -0.25) is 9.59 Å². The van der Waals surface area contributed by atoms with E-state index < -0.39 is 0 Å². The van der Waals surface area contributed by atoms with Crippen molar-refractivity contribution in [3.8, 4) is 5.75 Å². The van der Waals surface area contributed by atoms with E-state index in [1.807, 2.05) is 6.92 Å². The lowest BCUT2D eigenvalue weighted by Gasteiger charge is -2.13. The number of esters is 1. The number of nitrogens with one attached hydrogen (secondary N) is 2. The lowest BCUT2D eigenvalue weighted by Crippen LogP contribution is -2.12. The number of ether oxygens (including phenoxy) is 2. The first-order chi connectivity index (χ1) is 10.1. The van der Waals surface area contributed by atoms with Gasteiger partial charge in [0.05, 0.1) is 31.0 Å². The van der Waals surface area contributed by atoms with Crippen molar-refractivity contribution in [2.75, 3.05) is 30.4 Å². The minimum Gasteiger partial charge on any atom is -0.492 e. The predicted molar refractivity (Wildman–Crippen MR) is 80.5 cm³/mol. The molecule has 0 aliphatic rings. The van der Waals surface area contributed by atoms with Crippen molar-refractivity contribution in [3.05, 3.63) is 18.2 Å². The first-order valence-electron chi connectivity index (χ1n) is 6.92. The van der Waals surface area contributed by atoms with Gasteiger partial charge in [-0.2, -0.15) is 0 Å². The second kappa shape index (κ2) is 8.84. The van der Waals surface area contributed by atoms with Crippen LogP contribution in [0.1, 0.15) is 27.2 Å². The maximum Gasteiger partial charge on any atom is 0.307 e. The third-order valence-electron chi connectivity index (χ3n) is 2.47. The molecule has 21 heavy (non-hydrogen) atoms. The van der Waals surface area contributed by atoms with E-state index in [1.54, 1.807) is 19.1 Å². The molecule has 0 saturated carbocycles. The zero-order chi connectivity index (χ0) is 15.7. The Morgan fingerprint density at radius 2 is 2.05 bits per heavy atom. The summed E-state index contributed by atoms with van der Waals surface area (Å²) in [5.74, 6) is 0.191. The fourth-order valence-electron chi connectivity index (χ4n) is 1.69. The summed E-state index contributed by atoms with van der Waals surface area (Å²) in [6.07, 6.45) is 0.257. The molecule has 2 N–H and O–H groups in total. The Morgan fingerprint density at radius 3 is 2.67 bits per heavy atom. The number of hydrogen-bond donors (Lipinski definition) is 2. The highest BCUT2D eigenvalue weighted by Crippen LogP contribution is 2.27. The van der Waals surface area contributed by atoms with Crippen LogP contribution in [0.5, 0.6) is 5.75 Å². The molecule has 0 bridgehead atoms. The smallest absolute Gasteiger partial charge is 0.307 e. The van der Waals surface area contributed by atoms with Crippen molar-refractivity contribution >= 4 is 23.3 Å². The van der Waals surface area contributed by atoms with Crippen LogP contribution in [0.25, 0.3) is 0 Å². The topological polar surface area (TPSA) is 76.7 Å². The largest absolute Gasteiger partial charge is 0.492 e. The first kappa shape index (κ1) is 16.8. The molecule has 0 spiro atoms. The van der Waals surface area contributed by atoms with E-state index in [2.05, 4.69) is 16.7 Å². The number of hydrogen-bond acceptors (Lipinski definition) is 5. The standard InChI is InChI=1S/C15H21N2O4/c1-4-20-14-7-6-12(17-11(3)18)10-13(14)16-9-8-15(19)21-5-2/h7,10,16H,4-5,8-9H2,1-3H3,(H,17,18). The van der Waals surface area contributed by atoms with Gasteiger partial charge in [0, 0.05) is 19.5 Å². The van der Waals surface area contributed by atoms with Gasteiger partial charge in [0.2, 0.25) is 5.91 Å². The molecule has 115 valence electrons. The zero-order valence-corrected chi connectivity index (χ0v) is 12.6. The van der Waals surface area contributed by atoms with Crippen molar-refractivity contribution in [1.82, 2.24) is 0 Å². The minimum absolute atomic E-state index is 0.173. The molecule has 6 heteroatoms. The first-order valence-corrected chi connectivity index (χ1v) is 6.92. The van der Waals surface area contributed by atoms with Crippen LogP contribution in [0.2, 0.25) is 0 Å². The van der Waals surface area contributed by atoms with Gasteiger partial charge >= 0.3 is 5.97 Å². The van der Waals surface area contributed by atoms with Gasteiger partial charge in [-0.15, -0.1) is 0 Å². The number of carbonyl (C=O) groups is 2. The molecule has 1 aromatic carbocycles. The van der Waals surface area contributed by atoms with Crippen LogP contribution in [0.4, 0.5) is 11.4 Å². The fourth-order valence-corrected chi connectivity index (χ4v) is 1.69. The molecular formula is C15H21N2O4. The Bertz CT molecular complexity index is 489. The normalized spacial score (nSPS) is 9.86. The monoisotopic (exact) mass is 293 g/mol. The highest BCUT2D eigenvalue weighted by molar-refractivity contribution is 5.89. The van der Waals surface area contributed by atoms with E-state index >= 15 is 0 Å². The number of rotatable bonds is 8. The van der Waals surface area contributed by atoms with E-state index in [0.29, 0.717) is 36.9 Å². The van der Waals surface area contributed by atoms with Gasteiger partial charge in [0.15, 0.2) is 0 Å². The molecule has 6 nitrogen and oxygen atoms in total. The zero-order valence-electron chi connectivity index (χ0n) is 12.6. The molecule has 0 fully saturated rings. The van der Waals surface area contributed by atoms with E-state index in [4.69, 9.17) is 9.47 Å². The maximum atomic E-state index is 11.3. The molecule has 1 radical (unpaired) electrons. The van der Waals surface area contributed by atoms with Crippen LogP contribution in [0.3, 0.4) is 0 Å². The van der Waals surface area contributed by atoms with E-state index in [0.717, 1.165) is 0 Å². The number of carbonyl (C=O) groups excluding carboxylic acids is 2. The SMILES string of the molecule is CCOC(=O)CCNc1cc(NC(C)=O)[c]cc1OCC. The molecule has 0 heterocycles. The van der Waals surface area contributed by atoms with E-state index in [1.165, 1.54) is 6.92 Å². The average molecular weight is 293 g/mol. The minimum atomic E-state index is -0.257. The second-order valence-electron chi connectivity index (χ2n) is 4.22. The van der Waals surface area contributed by atoms with E-state index in [-0.39, 0.29) is 18.3 Å². The summed E-state index contributed by atoms with van der Waals surface area (Å²) in [4.78, 5) is 22.4. The second-order valence-corrected chi connectivity index (χ2v) is 4.22. The molecule has 0 unspecified atom stereocenters. The predicted octanol–water partition coefficient (Wildman–Crippen LogP) is 2.21. The Kier molecular flexibility index (Phi) is 7.08. The fraction of sp³-hybridized carbons (Fsp3) is 0.467. The molecular weight excluding hydrogens is 272 g/mol. The van der Waals surface area contributed by atoms with Crippen molar-refractivity contribution in [3.63, 3.8) is 0 Å². The van der Waals surface area contributed by atoms with Gasteiger partial charge in [0.1, 0.15) is 5.75 Å². The van der Waals surface area contributed by atoms with Crippen LogP contribution >= 0.6 is 0 Å². The molecule has 1 aromatic rings. The quantitative estimate of drug-likeness (QED) is 0.719. The highest BCUT2D eigenvalue weighted by Gasteiger charge is 2.07. The van der Waals surface area contributed by atoms with Gasteiger partial charge in [-0.05, 0) is 26.0 Å². The Labute approximate surface area is 124 Å². The number of benzene rings is 1. The van der Waals surface area contributed by atoms with Crippen LogP contribution in [-0.4, -0.2) is 31.6 Å². The summed E-state index contributed by atoms with van der Waals surface area (Å²) in [6, 6.07) is 6.30. The summed E-state index contributed by atoms with van der Waals surface area (Å²) in [5, 5.41) is 5.76. The molecule has 0 saturated heterocycles. The Hall–Kier alpha value is -2.24. The van der Waals surface area contributed by atoms with Crippen molar-refractivity contribution in [2.24, 2.45) is 0 Å². The number of anilines is 2. The number of amides is 1. The van der Waals surface area contributed by atoms with Crippen molar-refractivity contribution in [1.29, 1.82) is 0 Å². The average Bonchev–Trinajstić information content (AvgIpc) is 2.41. The molecule has 0 aliphatic carbocycles. The lowest BCUT2D eigenvalue weighted by atomic mass is 10.2. The van der Waals surface area contributed by atoms with Crippen LogP contribution in [0, 0.1) is 6.07 Å². The summed E-state index contributed by atoms with van der Waals surface area (Å²) in [7, 11) is 0. The Balaban J connectivity index is 2.71. The summed E-state index contributed by atoms with van der Waals surface area (Å²) < 4.78 is 10.3. The van der Waals surface area contributed by atoms with E-state index in [9.17, 15) is 9.59 Å². The van der Waals surface area contributed by atoms with Crippen LogP contribution < -0.4 is 15.4 Å². The highest BCUT2D eigenvalue weighted by atomic mass is 16.5. The third kappa shape index (κ3) is 6.16. The van der Waals surface area contributed by atoms with Gasteiger partial charge < -0.3 is 20.1 Å². The molecule has 1 rings (SSSR count). The summed E-state index contributed by atoms with van der Waals surface area (Å²) in [6.45, 7) is 6.38. The van der Waals surface area contributed by atoms with Gasteiger partial charge in [-0.1, -0.05) is 0 Å². The maximum absolute atomic E-state index is 11.3. The third-order valence-corrected chi connectivity index (χ3v) is 2.47. The molecule has 0 atom stereocenters. The van der Waals surface area contributed by atoms with Gasteiger partial charge in [-0.25, -0.2) is 0 Å². The summed E-state index contributed by atoms with van der Waals surface area (Å²) >= 11 is 0. The molecule has 0 aromatic heterocycles. The molecule has 1 amide bonds. The van der Waals surface area contributed by atoms with Gasteiger partial charge in [0.25, 0.3) is 0 Å². The molecule has 0 aliphatic heterocycles. The van der Waals surface area contributed by atoms with Crippen LogP contribution in [-0.2, 0) is 14.3 Å².